The first-order chi connectivity index (χ1) is 16.3. The van der Waals surface area contributed by atoms with Gasteiger partial charge in [-0.2, -0.15) is 0 Å². The summed E-state index contributed by atoms with van der Waals surface area (Å²) in [7, 11) is 0. The summed E-state index contributed by atoms with van der Waals surface area (Å²) < 4.78 is 38.0. The smallest absolute Gasteiger partial charge is 0.404 e. The van der Waals surface area contributed by atoms with Crippen molar-refractivity contribution in [3.63, 3.8) is 0 Å². The van der Waals surface area contributed by atoms with Crippen LogP contribution in [0.5, 0.6) is 0 Å². The van der Waals surface area contributed by atoms with Crippen LogP contribution in [0.2, 0.25) is 0 Å². The summed E-state index contributed by atoms with van der Waals surface area (Å²) in [6, 6.07) is 10.4. The van der Waals surface area contributed by atoms with Crippen molar-refractivity contribution in [2.45, 2.75) is 49.3 Å². The van der Waals surface area contributed by atoms with Gasteiger partial charge in [0.25, 0.3) is 0 Å². The van der Waals surface area contributed by atoms with Crippen LogP contribution in [0, 0.1) is 11.6 Å². The van der Waals surface area contributed by atoms with Gasteiger partial charge in [-0.3, -0.25) is 0 Å². The topological polar surface area (TPSA) is 100 Å². The van der Waals surface area contributed by atoms with Gasteiger partial charge in [0.05, 0.1) is 25.4 Å². The average molecular weight is 477 g/mol. The van der Waals surface area contributed by atoms with Crippen LogP contribution in [0.25, 0.3) is 0 Å². The van der Waals surface area contributed by atoms with Crippen molar-refractivity contribution >= 4 is 6.09 Å². The third-order valence-corrected chi connectivity index (χ3v) is 6.56. The summed E-state index contributed by atoms with van der Waals surface area (Å²) in [4.78, 5) is 11.3. The molecule has 4 rings (SSSR count). The number of aliphatic hydroxyl groups excluding tert-OH is 1. The molecule has 34 heavy (non-hydrogen) atoms. The van der Waals surface area contributed by atoms with Gasteiger partial charge in [0.1, 0.15) is 18.4 Å². The van der Waals surface area contributed by atoms with E-state index in [1.165, 1.54) is 5.56 Å². The number of aliphatic hydroxyl groups is 1. The van der Waals surface area contributed by atoms with Gasteiger partial charge >= 0.3 is 6.09 Å². The molecule has 1 saturated carbocycles. The molecule has 184 valence electrons. The summed E-state index contributed by atoms with van der Waals surface area (Å²) in [5.41, 5.74) is 2.25. The van der Waals surface area contributed by atoms with E-state index in [2.05, 4.69) is 22.8 Å². The molecule has 1 saturated heterocycles. The Kier molecular flexibility index (Phi) is 7.77. The molecule has 2 aromatic rings. The third kappa shape index (κ3) is 6.29. The summed E-state index contributed by atoms with van der Waals surface area (Å²) in [6.07, 6.45) is 0.195. The third-order valence-electron chi connectivity index (χ3n) is 6.56. The molecule has 1 aliphatic carbocycles. The van der Waals surface area contributed by atoms with E-state index >= 15 is 0 Å². The molecule has 0 aromatic heterocycles. The number of halogens is 2. The quantitative estimate of drug-likeness (QED) is 0.443. The van der Waals surface area contributed by atoms with Crippen molar-refractivity contribution in [3.05, 3.63) is 70.8 Å². The minimum Gasteiger partial charge on any atom is -0.465 e. The zero-order chi connectivity index (χ0) is 24.1. The summed E-state index contributed by atoms with van der Waals surface area (Å²) in [6.45, 7) is 1.68. The number of carboxylic acid groups (broad SMARTS) is 1. The molecule has 0 radical (unpaired) electrons. The Balaban J connectivity index is 1.42. The van der Waals surface area contributed by atoms with Crippen LogP contribution in [-0.4, -0.2) is 55.0 Å². The first kappa shape index (κ1) is 24.5. The number of carbonyl (C=O) groups is 1. The predicted molar refractivity (Wildman–Crippen MR) is 121 cm³/mol. The molecule has 1 aliphatic heterocycles. The average Bonchev–Trinajstić information content (AvgIpc) is 3.61. The normalized spacial score (nSPS) is 21.3. The molecule has 3 atom stereocenters. The van der Waals surface area contributed by atoms with Crippen LogP contribution in [0.15, 0.2) is 42.5 Å². The van der Waals surface area contributed by atoms with Gasteiger partial charge in [-0.05, 0) is 54.5 Å². The Labute approximate surface area is 197 Å². The highest BCUT2D eigenvalue weighted by Crippen LogP contribution is 2.46. The molecule has 0 spiro atoms. The fourth-order valence-corrected chi connectivity index (χ4v) is 4.53. The van der Waals surface area contributed by atoms with E-state index < -0.39 is 29.9 Å². The minimum absolute atomic E-state index is 0.0456. The van der Waals surface area contributed by atoms with E-state index in [1.54, 1.807) is 0 Å². The van der Waals surface area contributed by atoms with Crippen LogP contribution in [0.1, 0.15) is 41.9 Å². The Bertz CT molecular complexity index is 973. The zero-order valence-corrected chi connectivity index (χ0v) is 18.8. The molecule has 2 aromatic carbocycles. The highest BCUT2D eigenvalue weighted by atomic mass is 19.1. The van der Waals surface area contributed by atoms with Crippen LogP contribution in [0.3, 0.4) is 0 Å². The molecule has 1 amide bonds. The number of ether oxygens (including phenoxy) is 2. The SMILES string of the molecule is O=C(O)NC(Cc1cc(F)cc(F)c1)C(O)CNC1(c2cccc(C3CCOCOC3)c2)CC1. The maximum Gasteiger partial charge on any atom is 0.404 e. The van der Waals surface area contributed by atoms with Crippen LogP contribution < -0.4 is 10.6 Å². The predicted octanol–water partition coefficient (Wildman–Crippen LogP) is 3.26. The molecule has 7 nitrogen and oxygen atoms in total. The number of rotatable bonds is 9. The van der Waals surface area contributed by atoms with Crippen LogP contribution >= 0.6 is 0 Å². The molecule has 4 N–H and O–H groups in total. The largest absolute Gasteiger partial charge is 0.465 e. The second-order valence-electron chi connectivity index (χ2n) is 9.08. The van der Waals surface area contributed by atoms with Gasteiger partial charge < -0.3 is 30.3 Å². The van der Waals surface area contributed by atoms with Gasteiger partial charge in [-0.15, -0.1) is 0 Å². The number of hydrogen-bond donors (Lipinski definition) is 4. The van der Waals surface area contributed by atoms with Gasteiger partial charge in [0.2, 0.25) is 0 Å². The fraction of sp³-hybridized carbons (Fsp3) is 0.480. The lowest BCUT2D eigenvalue weighted by molar-refractivity contribution is -0.0330. The molecule has 2 aliphatic rings. The molecular weight excluding hydrogens is 446 g/mol. The van der Waals surface area contributed by atoms with Gasteiger partial charge in [0.15, 0.2) is 0 Å². The first-order valence-electron chi connectivity index (χ1n) is 11.5. The molecule has 3 unspecified atom stereocenters. The Morgan fingerprint density at radius 3 is 2.62 bits per heavy atom. The first-order valence-corrected chi connectivity index (χ1v) is 11.5. The number of amides is 1. The van der Waals surface area contributed by atoms with Gasteiger partial charge in [-0.1, -0.05) is 24.3 Å². The maximum atomic E-state index is 13.6. The van der Waals surface area contributed by atoms with Crippen molar-refractivity contribution in [1.82, 2.24) is 10.6 Å². The number of nitrogens with one attached hydrogen (secondary N) is 2. The Hall–Kier alpha value is -2.59. The molecule has 1 heterocycles. The summed E-state index contributed by atoms with van der Waals surface area (Å²) in [5.74, 6) is -1.25. The fourth-order valence-electron chi connectivity index (χ4n) is 4.53. The highest BCUT2D eigenvalue weighted by Gasteiger charge is 2.44. The van der Waals surface area contributed by atoms with E-state index in [4.69, 9.17) is 9.47 Å². The van der Waals surface area contributed by atoms with Crippen molar-refractivity contribution in [2.24, 2.45) is 0 Å². The van der Waals surface area contributed by atoms with Crippen molar-refractivity contribution in [1.29, 1.82) is 0 Å². The molecule has 9 heteroatoms. The Morgan fingerprint density at radius 1 is 1.15 bits per heavy atom. The van der Waals surface area contributed by atoms with E-state index in [0.29, 0.717) is 20.0 Å². The zero-order valence-electron chi connectivity index (χ0n) is 18.8. The van der Waals surface area contributed by atoms with Crippen molar-refractivity contribution < 1.29 is 33.3 Å². The van der Waals surface area contributed by atoms with Gasteiger partial charge in [-0.25, -0.2) is 13.6 Å². The van der Waals surface area contributed by atoms with Crippen LogP contribution in [-0.2, 0) is 21.4 Å². The maximum absolute atomic E-state index is 13.6. The summed E-state index contributed by atoms with van der Waals surface area (Å²) in [5, 5.41) is 25.7. The number of hydrogen-bond acceptors (Lipinski definition) is 5. The van der Waals surface area contributed by atoms with E-state index in [-0.39, 0.29) is 30.0 Å². The van der Waals surface area contributed by atoms with E-state index in [9.17, 15) is 23.8 Å². The van der Waals surface area contributed by atoms with Crippen molar-refractivity contribution in [3.8, 4) is 0 Å². The molecule has 2 fully saturated rings. The minimum atomic E-state index is -1.32. The lowest BCUT2D eigenvalue weighted by Gasteiger charge is -2.27. The van der Waals surface area contributed by atoms with Gasteiger partial charge in [0, 0.05) is 24.1 Å². The summed E-state index contributed by atoms with van der Waals surface area (Å²) >= 11 is 0. The molecular formula is C25H30F2N2O5. The van der Waals surface area contributed by atoms with E-state index in [1.807, 2.05) is 12.1 Å². The standard InChI is InChI=1S/C25H30F2N2O5/c26-20-8-16(9-21(27)12-20)10-22(29-24(31)32)23(30)13-28-25(5-6-25)19-3-1-2-17(11-19)18-4-7-33-15-34-14-18/h1-3,8-9,11-12,18,22-23,28-30H,4-7,10,13-15H2,(H,31,32). The van der Waals surface area contributed by atoms with Crippen LogP contribution in [0.4, 0.5) is 13.6 Å². The lowest BCUT2D eigenvalue weighted by atomic mass is 9.92. The second kappa shape index (κ2) is 10.8. The van der Waals surface area contributed by atoms with Crippen molar-refractivity contribution in [2.75, 3.05) is 26.6 Å². The highest BCUT2D eigenvalue weighted by molar-refractivity contribution is 5.65. The Morgan fingerprint density at radius 2 is 1.91 bits per heavy atom. The number of benzene rings is 2. The monoisotopic (exact) mass is 476 g/mol. The second-order valence-corrected chi connectivity index (χ2v) is 9.08. The molecule has 0 bridgehead atoms. The lowest BCUT2D eigenvalue weighted by Crippen LogP contribution is -2.49. The van der Waals surface area contributed by atoms with E-state index in [0.717, 1.165) is 43.0 Å².